The van der Waals surface area contributed by atoms with Crippen LogP contribution in [0.1, 0.15) is 21.7 Å². The average molecular weight is 438 g/mol. The number of amides is 1. The fourth-order valence-corrected chi connectivity index (χ4v) is 3.06. The number of carbonyl (C=O) groups is 1. The minimum absolute atomic E-state index is 0.0332. The summed E-state index contributed by atoms with van der Waals surface area (Å²) >= 11 is 0. The van der Waals surface area contributed by atoms with Gasteiger partial charge in [-0.3, -0.25) is 4.79 Å². The van der Waals surface area contributed by atoms with E-state index in [0.717, 1.165) is 6.07 Å². The van der Waals surface area contributed by atoms with Crippen LogP contribution in [0, 0.1) is 0 Å². The van der Waals surface area contributed by atoms with Crippen LogP contribution in [-0.2, 0) is 12.7 Å². The molecule has 1 heterocycles. The van der Waals surface area contributed by atoms with E-state index in [2.05, 4.69) is 26.2 Å². The summed E-state index contributed by atoms with van der Waals surface area (Å²) in [4.78, 5) is 12.3. The SMILES string of the molecule is O=C(Nc1ccc(NCc2nnnn2-c2ccccc2)c(C(F)(F)F)c1)c1ccccc1. The Bertz CT molecular complexity index is 1210. The van der Waals surface area contributed by atoms with Crippen molar-refractivity contribution in [2.24, 2.45) is 0 Å². The minimum Gasteiger partial charge on any atom is -0.377 e. The van der Waals surface area contributed by atoms with Gasteiger partial charge in [0.05, 0.1) is 17.8 Å². The molecule has 4 rings (SSSR count). The number of para-hydroxylation sites is 1. The quantitative estimate of drug-likeness (QED) is 0.462. The summed E-state index contributed by atoms with van der Waals surface area (Å²) in [7, 11) is 0. The number of aromatic nitrogens is 4. The normalized spacial score (nSPS) is 11.2. The maximum atomic E-state index is 13.7. The standard InChI is InChI=1S/C22H17F3N6O/c23-22(24,25)18-13-16(27-21(32)15-7-3-1-4-8-15)11-12-19(18)26-14-20-28-29-30-31(20)17-9-5-2-6-10-17/h1-13,26H,14H2,(H,27,32). The summed E-state index contributed by atoms with van der Waals surface area (Å²) in [5.41, 5.74) is -0.00825. The van der Waals surface area contributed by atoms with E-state index in [1.165, 1.54) is 16.8 Å². The third-order valence-electron chi connectivity index (χ3n) is 4.59. The Kier molecular flexibility index (Phi) is 5.84. The second-order valence-corrected chi connectivity index (χ2v) is 6.77. The molecule has 3 aromatic carbocycles. The van der Waals surface area contributed by atoms with Crippen LogP contribution in [0.5, 0.6) is 0 Å². The molecular weight excluding hydrogens is 421 g/mol. The Morgan fingerprint density at radius 2 is 1.62 bits per heavy atom. The number of tetrazole rings is 1. The number of carbonyl (C=O) groups excluding carboxylic acids is 1. The number of rotatable bonds is 6. The van der Waals surface area contributed by atoms with Crippen molar-refractivity contribution in [3.05, 3.63) is 95.8 Å². The van der Waals surface area contributed by atoms with Gasteiger partial charge in [0, 0.05) is 16.9 Å². The molecule has 0 atom stereocenters. The van der Waals surface area contributed by atoms with E-state index in [4.69, 9.17) is 0 Å². The van der Waals surface area contributed by atoms with E-state index in [-0.39, 0.29) is 17.9 Å². The third kappa shape index (κ3) is 4.75. The van der Waals surface area contributed by atoms with Gasteiger partial charge >= 0.3 is 6.18 Å². The van der Waals surface area contributed by atoms with E-state index in [1.54, 1.807) is 54.6 Å². The highest BCUT2D eigenvalue weighted by molar-refractivity contribution is 6.04. The molecule has 10 heteroatoms. The highest BCUT2D eigenvalue weighted by atomic mass is 19.4. The zero-order chi connectivity index (χ0) is 22.6. The molecule has 0 fully saturated rings. The zero-order valence-electron chi connectivity index (χ0n) is 16.5. The summed E-state index contributed by atoms with van der Waals surface area (Å²) in [6.45, 7) is -0.0410. The zero-order valence-corrected chi connectivity index (χ0v) is 16.5. The van der Waals surface area contributed by atoms with E-state index < -0.39 is 17.6 Å². The number of alkyl halides is 3. The fourth-order valence-electron chi connectivity index (χ4n) is 3.06. The summed E-state index contributed by atoms with van der Waals surface area (Å²) in [6.07, 6.45) is -4.64. The monoisotopic (exact) mass is 438 g/mol. The first-order valence-corrected chi connectivity index (χ1v) is 9.56. The fraction of sp³-hybridized carbons (Fsp3) is 0.0909. The first-order chi connectivity index (χ1) is 15.4. The molecule has 0 aliphatic carbocycles. The van der Waals surface area contributed by atoms with Crippen LogP contribution in [0.2, 0.25) is 0 Å². The van der Waals surface area contributed by atoms with Gasteiger partial charge in [0.15, 0.2) is 5.82 Å². The first-order valence-electron chi connectivity index (χ1n) is 9.56. The lowest BCUT2D eigenvalue weighted by molar-refractivity contribution is -0.136. The molecule has 0 aliphatic rings. The Morgan fingerprint density at radius 3 is 2.31 bits per heavy atom. The molecular formula is C22H17F3N6O. The molecule has 0 aliphatic heterocycles. The van der Waals surface area contributed by atoms with Crippen molar-refractivity contribution in [1.29, 1.82) is 0 Å². The van der Waals surface area contributed by atoms with Gasteiger partial charge in [-0.05, 0) is 52.9 Å². The van der Waals surface area contributed by atoms with Crippen molar-refractivity contribution in [2.45, 2.75) is 12.7 Å². The summed E-state index contributed by atoms with van der Waals surface area (Å²) in [6, 6.07) is 20.8. The second kappa shape index (κ2) is 8.88. The smallest absolute Gasteiger partial charge is 0.377 e. The highest BCUT2D eigenvalue weighted by Crippen LogP contribution is 2.37. The molecule has 1 amide bonds. The van der Waals surface area contributed by atoms with Gasteiger partial charge in [-0.25, -0.2) is 0 Å². The van der Waals surface area contributed by atoms with Crippen molar-refractivity contribution in [2.75, 3.05) is 10.6 Å². The molecule has 4 aromatic rings. The molecule has 0 radical (unpaired) electrons. The van der Waals surface area contributed by atoms with E-state index in [9.17, 15) is 18.0 Å². The van der Waals surface area contributed by atoms with Gasteiger partial charge in [0.25, 0.3) is 5.91 Å². The van der Waals surface area contributed by atoms with Crippen LogP contribution >= 0.6 is 0 Å². The van der Waals surface area contributed by atoms with Crippen LogP contribution < -0.4 is 10.6 Å². The molecule has 32 heavy (non-hydrogen) atoms. The van der Waals surface area contributed by atoms with Crippen LogP contribution in [0.3, 0.4) is 0 Å². The third-order valence-corrected chi connectivity index (χ3v) is 4.59. The van der Waals surface area contributed by atoms with Crippen LogP contribution in [0.15, 0.2) is 78.9 Å². The van der Waals surface area contributed by atoms with Gasteiger partial charge in [-0.2, -0.15) is 17.9 Å². The molecule has 1 aromatic heterocycles. The van der Waals surface area contributed by atoms with Crippen molar-refractivity contribution >= 4 is 17.3 Å². The molecule has 2 N–H and O–H groups in total. The highest BCUT2D eigenvalue weighted by Gasteiger charge is 2.34. The molecule has 0 saturated carbocycles. The van der Waals surface area contributed by atoms with E-state index in [0.29, 0.717) is 17.1 Å². The predicted molar refractivity (Wildman–Crippen MR) is 112 cm³/mol. The Hall–Kier alpha value is -4.21. The second-order valence-electron chi connectivity index (χ2n) is 6.77. The van der Waals surface area contributed by atoms with Gasteiger partial charge in [-0.15, -0.1) is 5.10 Å². The topological polar surface area (TPSA) is 84.7 Å². The van der Waals surface area contributed by atoms with Gasteiger partial charge in [0.2, 0.25) is 0 Å². The summed E-state index contributed by atoms with van der Waals surface area (Å²) in [5.74, 6) is -0.160. The lowest BCUT2D eigenvalue weighted by atomic mass is 10.1. The van der Waals surface area contributed by atoms with Crippen molar-refractivity contribution in [3.8, 4) is 5.69 Å². The van der Waals surface area contributed by atoms with Crippen molar-refractivity contribution in [1.82, 2.24) is 20.2 Å². The van der Waals surface area contributed by atoms with Gasteiger partial charge < -0.3 is 10.6 Å². The number of hydrogen-bond acceptors (Lipinski definition) is 5. The number of halogens is 3. The van der Waals surface area contributed by atoms with Crippen LogP contribution in [0.4, 0.5) is 24.5 Å². The molecule has 0 spiro atoms. The number of anilines is 2. The van der Waals surface area contributed by atoms with Crippen LogP contribution in [0.25, 0.3) is 5.69 Å². The average Bonchev–Trinajstić information content (AvgIpc) is 3.27. The van der Waals surface area contributed by atoms with Gasteiger partial charge in [0.1, 0.15) is 0 Å². The molecule has 162 valence electrons. The minimum atomic E-state index is -4.64. The van der Waals surface area contributed by atoms with Crippen molar-refractivity contribution in [3.63, 3.8) is 0 Å². The Balaban J connectivity index is 1.55. The lowest BCUT2D eigenvalue weighted by Gasteiger charge is -2.16. The number of benzene rings is 3. The van der Waals surface area contributed by atoms with Crippen molar-refractivity contribution < 1.29 is 18.0 Å². The summed E-state index contributed by atoms with van der Waals surface area (Å²) in [5, 5.41) is 16.6. The number of nitrogens with one attached hydrogen (secondary N) is 2. The van der Waals surface area contributed by atoms with E-state index >= 15 is 0 Å². The van der Waals surface area contributed by atoms with Gasteiger partial charge in [-0.1, -0.05) is 36.4 Å². The Labute approximate surface area is 180 Å². The lowest BCUT2D eigenvalue weighted by Crippen LogP contribution is -2.16. The summed E-state index contributed by atoms with van der Waals surface area (Å²) < 4.78 is 42.5. The molecule has 0 saturated heterocycles. The maximum Gasteiger partial charge on any atom is 0.418 e. The predicted octanol–water partition coefficient (Wildman–Crippen LogP) is 4.55. The largest absolute Gasteiger partial charge is 0.418 e. The number of nitrogens with zero attached hydrogens (tertiary/aromatic N) is 4. The molecule has 0 unspecified atom stereocenters. The molecule has 0 bridgehead atoms. The Morgan fingerprint density at radius 1 is 0.938 bits per heavy atom. The van der Waals surface area contributed by atoms with Crippen LogP contribution in [-0.4, -0.2) is 26.1 Å². The maximum absolute atomic E-state index is 13.7. The molecule has 7 nitrogen and oxygen atoms in total. The number of hydrogen-bond donors (Lipinski definition) is 2. The van der Waals surface area contributed by atoms with E-state index in [1.807, 2.05) is 6.07 Å². The first kappa shape index (κ1) is 21.0.